The van der Waals surface area contributed by atoms with E-state index >= 15 is 0 Å². The summed E-state index contributed by atoms with van der Waals surface area (Å²) in [6.45, 7) is 0.463. The monoisotopic (exact) mass is 478 g/mol. The predicted octanol–water partition coefficient (Wildman–Crippen LogP) is 3.44. The standard InChI is InChI=1S/C27H30N2O6/c30-24(29-27(25(31)32)12-6-1-7-13-27)22-14-34-16-23(22)28-26(33)35-15-21-19-10-4-2-8-17(19)18-9-3-5-11-20(18)21/h2-5,8-11,21-23H,1,6-7,12-16H2,(H,28,33)(H,29,30)(H,31,32). The van der Waals surface area contributed by atoms with Gasteiger partial charge in [-0.25, -0.2) is 9.59 Å². The SMILES string of the molecule is O=C(NC1COCC1C(=O)NC1(C(=O)O)CCCCC1)OCC1c2ccccc2-c2ccccc21. The van der Waals surface area contributed by atoms with E-state index < -0.39 is 35.5 Å². The summed E-state index contributed by atoms with van der Waals surface area (Å²) in [5, 5.41) is 15.3. The normalized spacial score (nSPS) is 22.6. The second kappa shape index (κ2) is 9.70. The minimum absolute atomic E-state index is 0.0613. The van der Waals surface area contributed by atoms with E-state index in [0.717, 1.165) is 41.5 Å². The number of rotatable bonds is 6. The van der Waals surface area contributed by atoms with E-state index in [1.807, 2.05) is 24.3 Å². The summed E-state index contributed by atoms with van der Waals surface area (Å²) in [5.74, 6) is -2.15. The van der Waals surface area contributed by atoms with Gasteiger partial charge >= 0.3 is 12.1 Å². The topological polar surface area (TPSA) is 114 Å². The van der Waals surface area contributed by atoms with E-state index in [-0.39, 0.29) is 25.7 Å². The Morgan fingerprint density at radius 3 is 2.20 bits per heavy atom. The smallest absolute Gasteiger partial charge is 0.407 e. The van der Waals surface area contributed by atoms with Crippen LogP contribution in [0.15, 0.2) is 48.5 Å². The molecule has 0 aromatic heterocycles. The molecule has 0 spiro atoms. The molecule has 2 unspecified atom stereocenters. The predicted molar refractivity (Wildman–Crippen MR) is 128 cm³/mol. The lowest BCUT2D eigenvalue weighted by Crippen LogP contribution is -2.58. The lowest BCUT2D eigenvalue weighted by molar-refractivity contribution is -0.150. The van der Waals surface area contributed by atoms with E-state index in [4.69, 9.17) is 9.47 Å². The number of alkyl carbamates (subject to hydrolysis) is 1. The van der Waals surface area contributed by atoms with Gasteiger partial charge in [0.25, 0.3) is 0 Å². The van der Waals surface area contributed by atoms with Crippen molar-refractivity contribution < 1.29 is 29.0 Å². The highest BCUT2D eigenvalue weighted by atomic mass is 16.5. The number of benzene rings is 2. The number of amides is 2. The molecule has 0 radical (unpaired) electrons. The maximum absolute atomic E-state index is 13.0. The molecule has 1 aliphatic heterocycles. The van der Waals surface area contributed by atoms with Crippen molar-refractivity contribution in [3.8, 4) is 11.1 Å². The molecule has 184 valence electrons. The van der Waals surface area contributed by atoms with Crippen LogP contribution in [-0.2, 0) is 19.1 Å². The van der Waals surface area contributed by atoms with Gasteiger partial charge in [0.1, 0.15) is 12.1 Å². The van der Waals surface area contributed by atoms with Gasteiger partial charge < -0.3 is 25.2 Å². The molecular formula is C27H30N2O6. The number of carbonyl (C=O) groups excluding carboxylic acids is 2. The first-order valence-electron chi connectivity index (χ1n) is 12.2. The molecule has 2 aromatic carbocycles. The summed E-state index contributed by atoms with van der Waals surface area (Å²) in [4.78, 5) is 37.6. The maximum Gasteiger partial charge on any atom is 0.407 e. The molecule has 2 aliphatic carbocycles. The average Bonchev–Trinajstić information content (AvgIpc) is 3.46. The maximum atomic E-state index is 13.0. The Morgan fingerprint density at radius 1 is 0.943 bits per heavy atom. The van der Waals surface area contributed by atoms with Crippen molar-refractivity contribution in [2.24, 2.45) is 5.92 Å². The molecule has 1 saturated carbocycles. The molecule has 1 saturated heterocycles. The third kappa shape index (κ3) is 4.50. The number of hydrogen-bond donors (Lipinski definition) is 3. The van der Waals surface area contributed by atoms with Crippen LogP contribution in [0.4, 0.5) is 4.79 Å². The minimum atomic E-state index is -1.24. The minimum Gasteiger partial charge on any atom is -0.480 e. The Hall–Kier alpha value is -3.39. The molecular weight excluding hydrogens is 448 g/mol. The average molecular weight is 479 g/mol. The molecule has 0 bridgehead atoms. The van der Waals surface area contributed by atoms with Crippen molar-refractivity contribution in [3.63, 3.8) is 0 Å². The quantitative estimate of drug-likeness (QED) is 0.586. The van der Waals surface area contributed by atoms with Crippen LogP contribution in [0.1, 0.15) is 49.1 Å². The molecule has 5 rings (SSSR count). The summed E-state index contributed by atoms with van der Waals surface area (Å²) < 4.78 is 11.1. The van der Waals surface area contributed by atoms with Crippen LogP contribution in [0, 0.1) is 5.92 Å². The second-order valence-corrected chi connectivity index (χ2v) is 9.66. The summed E-state index contributed by atoms with van der Waals surface area (Å²) in [7, 11) is 0. The van der Waals surface area contributed by atoms with E-state index in [1.165, 1.54) is 0 Å². The van der Waals surface area contributed by atoms with Crippen molar-refractivity contribution in [3.05, 3.63) is 59.7 Å². The first kappa shape index (κ1) is 23.4. The highest BCUT2D eigenvalue weighted by molar-refractivity contribution is 5.89. The van der Waals surface area contributed by atoms with Crippen LogP contribution < -0.4 is 10.6 Å². The molecule has 2 amide bonds. The van der Waals surface area contributed by atoms with Crippen molar-refractivity contribution in [2.45, 2.75) is 49.6 Å². The van der Waals surface area contributed by atoms with Crippen molar-refractivity contribution in [1.82, 2.24) is 10.6 Å². The number of fused-ring (bicyclic) bond motifs is 3. The van der Waals surface area contributed by atoms with Crippen LogP contribution in [0.3, 0.4) is 0 Å². The van der Waals surface area contributed by atoms with Crippen LogP contribution >= 0.6 is 0 Å². The molecule has 8 nitrogen and oxygen atoms in total. The van der Waals surface area contributed by atoms with E-state index in [0.29, 0.717) is 12.8 Å². The third-order valence-electron chi connectivity index (χ3n) is 7.54. The second-order valence-electron chi connectivity index (χ2n) is 9.66. The van der Waals surface area contributed by atoms with Crippen LogP contribution in [0.2, 0.25) is 0 Å². The number of carboxylic acid groups (broad SMARTS) is 1. The molecule has 1 heterocycles. The van der Waals surface area contributed by atoms with Crippen molar-refractivity contribution in [2.75, 3.05) is 19.8 Å². The molecule has 2 aromatic rings. The first-order chi connectivity index (χ1) is 17.0. The number of ether oxygens (including phenoxy) is 2. The molecule has 2 fully saturated rings. The van der Waals surface area contributed by atoms with E-state index in [1.54, 1.807) is 0 Å². The summed E-state index contributed by atoms with van der Waals surface area (Å²) in [6.07, 6.45) is 2.68. The summed E-state index contributed by atoms with van der Waals surface area (Å²) in [6, 6.07) is 15.6. The number of carbonyl (C=O) groups is 3. The Balaban J connectivity index is 1.21. The van der Waals surface area contributed by atoms with Crippen LogP contribution in [0.5, 0.6) is 0 Å². The molecule has 2 atom stereocenters. The van der Waals surface area contributed by atoms with Gasteiger partial charge in [-0.1, -0.05) is 67.8 Å². The highest BCUT2D eigenvalue weighted by Gasteiger charge is 2.44. The third-order valence-corrected chi connectivity index (χ3v) is 7.54. The Morgan fingerprint density at radius 2 is 1.57 bits per heavy atom. The van der Waals surface area contributed by atoms with Gasteiger partial charge in [0.15, 0.2) is 0 Å². The van der Waals surface area contributed by atoms with Gasteiger partial charge in [-0.15, -0.1) is 0 Å². The summed E-state index contributed by atoms with van der Waals surface area (Å²) in [5.41, 5.74) is 3.29. The lowest BCUT2D eigenvalue weighted by atomic mass is 9.81. The fourth-order valence-electron chi connectivity index (χ4n) is 5.62. The van der Waals surface area contributed by atoms with Gasteiger partial charge in [0.05, 0.1) is 25.2 Å². The van der Waals surface area contributed by atoms with Crippen molar-refractivity contribution in [1.29, 1.82) is 0 Å². The van der Waals surface area contributed by atoms with Gasteiger partial charge in [0.2, 0.25) is 5.91 Å². The largest absolute Gasteiger partial charge is 0.480 e. The van der Waals surface area contributed by atoms with Gasteiger partial charge in [-0.3, -0.25) is 4.79 Å². The van der Waals surface area contributed by atoms with E-state index in [9.17, 15) is 19.5 Å². The zero-order chi connectivity index (χ0) is 24.4. The van der Waals surface area contributed by atoms with Crippen LogP contribution in [-0.4, -0.2) is 54.5 Å². The van der Waals surface area contributed by atoms with Crippen molar-refractivity contribution >= 4 is 18.0 Å². The Bertz CT molecular complexity index is 1080. The zero-order valence-electron chi connectivity index (χ0n) is 19.5. The highest BCUT2D eigenvalue weighted by Crippen LogP contribution is 2.44. The summed E-state index contributed by atoms with van der Waals surface area (Å²) >= 11 is 0. The van der Waals surface area contributed by atoms with Gasteiger partial charge in [-0.05, 0) is 35.1 Å². The van der Waals surface area contributed by atoms with Crippen LogP contribution in [0.25, 0.3) is 11.1 Å². The molecule has 3 aliphatic rings. The number of aliphatic carboxylic acids is 1. The number of carboxylic acids is 1. The zero-order valence-corrected chi connectivity index (χ0v) is 19.5. The fraction of sp³-hybridized carbons (Fsp3) is 0.444. The van der Waals surface area contributed by atoms with Gasteiger partial charge in [0, 0.05) is 5.92 Å². The van der Waals surface area contributed by atoms with Gasteiger partial charge in [-0.2, -0.15) is 0 Å². The first-order valence-corrected chi connectivity index (χ1v) is 12.2. The molecule has 8 heteroatoms. The molecule has 3 N–H and O–H groups in total. The molecule has 35 heavy (non-hydrogen) atoms. The number of nitrogens with one attached hydrogen (secondary N) is 2. The fourth-order valence-corrected chi connectivity index (χ4v) is 5.62. The Kier molecular flexibility index (Phi) is 6.47. The number of hydrogen-bond acceptors (Lipinski definition) is 5. The Labute approximate surface area is 204 Å². The van der Waals surface area contributed by atoms with E-state index in [2.05, 4.69) is 34.9 Å². The lowest BCUT2D eigenvalue weighted by Gasteiger charge is -2.35.